The van der Waals surface area contributed by atoms with Gasteiger partial charge in [-0.2, -0.15) is 0 Å². The van der Waals surface area contributed by atoms with Crippen molar-refractivity contribution in [1.29, 1.82) is 0 Å². The molecule has 1 atom stereocenters. The first kappa shape index (κ1) is 23.0. The zero-order chi connectivity index (χ0) is 21.7. The van der Waals surface area contributed by atoms with E-state index in [4.69, 9.17) is 9.94 Å². The standard InChI is InChI=1S/C20H25FN2O5S/c1-10(2)16-17(19(27)23-28-9-13(26)8-24)20(29-18(16)12(4)25)22-15-6-5-11(3)7-14(15)21/h5-7,10,13,22,24,26H,8-9H2,1-4H3,(H,23,27). The maximum Gasteiger partial charge on any atom is 0.278 e. The zero-order valence-electron chi connectivity index (χ0n) is 16.7. The van der Waals surface area contributed by atoms with E-state index < -0.39 is 24.4 Å². The zero-order valence-corrected chi connectivity index (χ0v) is 17.5. The lowest BCUT2D eigenvalue weighted by molar-refractivity contribution is -0.0295. The molecule has 0 saturated carbocycles. The summed E-state index contributed by atoms with van der Waals surface area (Å²) in [4.78, 5) is 30.3. The lowest BCUT2D eigenvalue weighted by Gasteiger charge is -2.14. The van der Waals surface area contributed by atoms with Crippen LogP contribution in [0.4, 0.5) is 15.1 Å². The molecular weight excluding hydrogens is 399 g/mol. The number of anilines is 2. The lowest BCUT2D eigenvalue weighted by atomic mass is 9.97. The average Bonchev–Trinajstić information content (AvgIpc) is 3.03. The third kappa shape index (κ3) is 5.60. The van der Waals surface area contributed by atoms with Crippen molar-refractivity contribution in [3.8, 4) is 0 Å². The van der Waals surface area contributed by atoms with Gasteiger partial charge >= 0.3 is 0 Å². The topological polar surface area (TPSA) is 108 Å². The Bertz CT molecular complexity index is 897. The molecule has 7 nitrogen and oxygen atoms in total. The van der Waals surface area contributed by atoms with Gasteiger partial charge in [0.15, 0.2) is 5.78 Å². The van der Waals surface area contributed by atoms with Gasteiger partial charge < -0.3 is 15.5 Å². The number of halogens is 1. The number of thiophene rings is 1. The number of ketones is 1. The summed E-state index contributed by atoms with van der Waals surface area (Å²) in [5.41, 5.74) is 3.84. The first-order valence-electron chi connectivity index (χ1n) is 9.07. The van der Waals surface area contributed by atoms with Crippen LogP contribution < -0.4 is 10.8 Å². The van der Waals surface area contributed by atoms with Crippen LogP contribution in [0.3, 0.4) is 0 Å². The number of carbonyl (C=O) groups is 2. The van der Waals surface area contributed by atoms with Crippen LogP contribution >= 0.6 is 11.3 Å². The van der Waals surface area contributed by atoms with Crippen molar-refractivity contribution in [3.63, 3.8) is 0 Å². The number of aliphatic hydroxyl groups excluding tert-OH is 2. The molecule has 0 radical (unpaired) electrons. The highest BCUT2D eigenvalue weighted by molar-refractivity contribution is 7.18. The number of nitrogens with one attached hydrogen (secondary N) is 2. The van der Waals surface area contributed by atoms with Crippen LogP contribution in [0.2, 0.25) is 0 Å². The van der Waals surface area contributed by atoms with E-state index >= 15 is 0 Å². The van der Waals surface area contributed by atoms with Gasteiger partial charge in [0.25, 0.3) is 5.91 Å². The Labute approximate surface area is 172 Å². The highest BCUT2D eigenvalue weighted by Crippen LogP contribution is 2.40. The van der Waals surface area contributed by atoms with E-state index in [-0.39, 0.29) is 29.6 Å². The Hall–Kier alpha value is -2.33. The van der Waals surface area contributed by atoms with Crippen molar-refractivity contribution >= 4 is 33.7 Å². The summed E-state index contributed by atoms with van der Waals surface area (Å²) in [5, 5.41) is 21.4. The smallest absolute Gasteiger partial charge is 0.278 e. The molecule has 29 heavy (non-hydrogen) atoms. The van der Waals surface area contributed by atoms with E-state index in [0.29, 0.717) is 15.4 Å². The molecule has 9 heteroatoms. The minimum atomic E-state index is -1.14. The number of hydroxylamine groups is 1. The second-order valence-electron chi connectivity index (χ2n) is 6.95. The molecule has 1 aromatic carbocycles. The maximum absolute atomic E-state index is 14.3. The van der Waals surface area contributed by atoms with E-state index in [9.17, 15) is 19.1 Å². The molecule has 158 valence electrons. The van der Waals surface area contributed by atoms with Crippen molar-refractivity contribution in [2.24, 2.45) is 0 Å². The highest BCUT2D eigenvalue weighted by atomic mass is 32.1. The summed E-state index contributed by atoms with van der Waals surface area (Å²) in [7, 11) is 0. The van der Waals surface area contributed by atoms with Crippen LogP contribution in [0, 0.1) is 12.7 Å². The van der Waals surface area contributed by atoms with Crippen LogP contribution in [0.15, 0.2) is 18.2 Å². The molecule has 4 N–H and O–H groups in total. The second-order valence-corrected chi connectivity index (χ2v) is 7.97. The van der Waals surface area contributed by atoms with Gasteiger partial charge in [0, 0.05) is 0 Å². The van der Waals surface area contributed by atoms with Gasteiger partial charge in [-0.05, 0) is 43.0 Å². The van der Waals surface area contributed by atoms with E-state index in [1.165, 1.54) is 13.0 Å². The van der Waals surface area contributed by atoms with Gasteiger partial charge in [-0.1, -0.05) is 19.9 Å². The average molecular weight is 424 g/mol. The molecule has 0 spiro atoms. The summed E-state index contributed by atoms with van der Waals surface area (Å²) in [6.07, 6.45) is -1.14. The van der Waals surface area contributed by atoms with Crippen LogP contribution in [-0.2, 0) is 4.84 Å². The van der Waals surface area contributed by atoms with Crippen molar-refractivity contribution < 1.29 is 29.0 Å². The molecule has 1 unspecified atom stereocenters. The normalized spacial score (nSPS) is 12.1. The number of hydrogen-bond acceptors (Lipinski definition) is 7. The predicted molar refractivity (Wildman–Crippen MR) is 109 cm³/mol. The number of aryl methyl sites for hydroxylation is 1. The molecule has 1 aromatic heterocycles. The van der Waals surface area contributed by atoms with Crippen molar-refractivity contribution in [2.45, 2.75) is 39.7 Å². The van der Waals surface area contributed by atoms with Crippen molar-refractivity contribution in [1.82, 2.24) is 5.48 Å². The summed E-state index contributed by atoms with van der Waals surface area (Å²) in [6, 6.07) is 4.65. The Morgan fingerprint density at radius 3 is 2.55 bits per heavy atom. The number of aliphatic hydroxyl groups is 2. The Morgan fingerprint density at radius 2 is 2.00 bits per heavy atom. The summed E-state index contributed by atoms with van der Waals surface area (Å²) in [6.45, 7) is 6.04. The van der Waals surface area contributed by atoms with Crippen LogP contribution in [0.1, 0.15) is 57.8 Å². The van der Waals surface area contributed by atoms with E-state index in [1.807, 2.05) is 13.8 Å². The number of amides is 1. The molecule has 0 aliphatic rings. The fraction of sp³-hybridized carbons (Fsp3) is 0.400. The van der Waals surface area contributed by atoms with Crippen LogP contribution in [-0.4, -0.2) is 41.2 Å². The summed E-state index contributed by atoms with van der Waals surface area (Å²) in [5.74, 6) is -1.49. The molecule has 1 amide bonds. The second kappa shape index (κ2) is 9.93. The first-order valence-corrected chi connectivity index (χ1v) is 9.89. The lowest BCUT2D eigenvalue weighted by Crippen LogP contribution is -2.30. The minimum Gasteiger partial charge on any atom is -0.394 e. The maximum atomic E-state index is 14.3. The minimum absolute atomic E-state index is 0.160. The molecule has 0 saturated heterocycles. The Morgan fingerprint density at radius 1 is 1.31 bits per heavy atom. The van der Waals surface area contributed by atoms with Gasteiger partial charge in [0.2, 0.25) is 0 Å². The molecule has 0 aliphatic heterocycles. The van der Waals surface area contributed by atoms with E-state index in [0.717, 1.165) is 16.9 Å². The fourth-order valence-electron chi connectivity index (χ4n) is 2.72. The van der Waals surface area contributed by atoms with Gasteiger partial charge in [-0.3, -0.25) is 14.4 Å². The quantitative estimate of drug-likeness (QED) is 0.363. The third-order valence-corrected chi connectivity index (χ3v) is 5.32. The van der Waals surface area contributed by atoms with Gasteiger partial charge in [0.1, 0.15) is 23.5 Å². The van der Waals surface area contributed by atoms with E-state index in [2.05, 4.69) is 10.8 Å². The number of benzene rings is 1. The molecular formula is C20H25FN2O5S. The van der Waals surface area contributed by atoms with Crippen molar-refractivity contribution in [3.05, 3.63) is 45.6 Å². The van der Waals surface area contributed by atoms with Crippen molar-refractivity contribution in [2.75, 3.05) is 18.5 Å². The van der Waals surface area contributed by atoms with Gasteiger partial charge in [-0.15, -0.1) is 11.3 Å². The largest absolute Gasteiger partial charge is 0.394 e. The molecule has 0 aliphatic carbocycles. The number of rotatable bonds is 9. The monoisotopic (exact) mass is 424 g/mol. The molecule has 2 rings (SSSR count). The highest BCUT2D eigenvalue weighted by Gasteiger charge is 2.28. The number of hydrogen-bond donors (Lipinski definition) is 4. The van der Waals surface area contributed by atoms with Crippen LogP contribution in [0.25, 0.3) is 0 Å². The molecule has 0 bridgehead atoms. The molecule has 1 heterocycles. The molecule has 0 fully saturated rings. The first-order chi connectivity index (χ1) is 13.6. The van der Waals surface area contributed by atoms with E-state index in [1.54, 1.807) is 19.1 Å². The number of Topliss-reactive ketones (excluding diaryl/α,β-unsaturated/α-hetero) is 1. The summed E-state index contributed by atoms with van der Waals surface area (Å²) >= 11 is 1.07. The van der Waals surface area contributed by atoms with Gasteiger partial charge in [-0.25, -0.2) is 9.87 Å². The Balaban J connectivity index is 2.44. The van der Waals surface area contributed by atoms with Gasteiger partial charge in [0.05, 0.1) is 22.7 Å². The van der Waals surface area contributed by atoms with Crippen LogP contribution in [0.5, 0.6) is 0 Å². The number of carbonyl (C=O) groups excluding carboxylic acids is 2. The predicted octanol–water partition coefficient (Wildman–Crippen LogP) is 3.28. The SMILES string of the molecule is CC(=O)c1sc(Nc2ccc(C)cc2F)c(C(=O)NOCC(O)CO)c1C(C)C. The molecule has 2 aromatic rings. The summed E-state index contributed by atoms with van der Waals surface area (Å²) < 4.78 is 14.3. The third-order valence-electron chi connectivity index (χ3n) is 4.09. The Kier molecular flexibility index (Phi) is 7.86. The fourth-order valence-corrected chi connectivity index (χ4v) is 3.98.